The molecule has 0 saturated carbocycles. The van der Waals surface area contributed by atoms with Crippen molar-refractivity contribution < 1.29 is 14.7 Å². The van der Waals surface area contributed by atoms with Gasteiger partial charge in [0.15, 0.2) is 0 Å². The highest BCUT2D eigenvalue weighted by atomic mass is 35.5. The third-order valence-corrected chi connectivity index (χ3v) is 2.77. The van der Waals surface area contributed by atoms with Gasteiger partial charge in [-0.3, -0.25) is 9.89 Å². The van der Waals surface area contributed by atoms with Crippen LogP contribution in [0.15, 0.2) is 24.4 Å². The monoisotopic (exact) mass is 310 g/mol. The topological polar surface area (TPSA) is 121 Å². The maximum atomic E-state index is 11.3. The molecular formula is C13H15ClN4O3. The van der Waals surface area contributed by atoms with Gasteiger partial charge < -0.3 is 16.2 Å². The van der Waals surface area contributed by atoms with Crippen LogP contribution in [0.4, 0.5) is 5.69 Å². The van der Waals surface area contributed by atoms with Crippen LogP contribution in [0.3, 0.4) is 0 Å². The van der Waals surface area contributed by atoms with E-state index < -0.39 is 5.97 Å². The van der Waals surface area contributed by atoms with Crippen LogP contribution in [-0.2, 0) is 0 Å². The average molecular weight is 311 g/mol. The number of aromatic nitrogens is 2. The zero-order valence-corrected chi connectivity index (χ0v) is 12.2. The van der Waals surface area contributed by atoms with Gasteiger partial charge in [-0.05, 0) is 30.7 Å². The molecule has 7 nitrogen and oxygen atoms in total. The summed E-state index contributed by atoms with van der Waals surface area (Å²) in [6, 6.07) is 4.67. The standard InChI is InChI=1S/C9H11ClN2O.C4H4N2O2/c1-5-3-6(10)4-7(8(5)11)9(13)12-2;7-4(8)3-1-2-5-6-3/h3-4H,11H2,1-2H3,(H,12,13);1-2H,(H,5,6)(H,7,8). The number of aryl methyl sites for hydroxylation is 1. The van der Waals surface area contributed by atoms with Crippen LogP contribution in [0, 0.1) is 6.92 Å². The molecule has 0 aliphatic rings. The number of carboxylic acids is 1. The second-order valence-electron chi connectivity index (χ2n) is 4.04. The van der Waals surface area contributed by atoms with Gasteiger partial charge in [0.2, 0.25) is 0 Å². The predicted molar refractivity (Wildman–Crippen MR) is 79.5 cm³/mol. The number of carbonyl (C=O) groups excluding carboxylic acids is 1. The van der Waals surface area contributed by atoms with Crippen molar-refractivity contribution in [2.75, 3.05) is 12.8 Å². The van der Waals surface area contributed by atoms with Crippen molar-refractivity contribution in [3.8, 4) is 0 Å². The SMILES string of the molecule is CNC(=O)c1cc(Cl)cc(C)c1N.O=C(O)c1ccn[nH]1. The first kappa shape index (κ1) is 16.5. The minimum atomic E-state index is -0.984. The van der Waals surface area contributed by atoms with Gasteiger partial charge in [-0.25, -0.2) is 4.79 Å². The summed E-state index contributed by atoms with van der Waals surface area (Å²) in [4.78, 5) is 21.3. The number of amides is 1. The van der Waals surface area contributed by atoms with Gasteiger partial charge in [0.1, 0.15) is 5.69 Å². The molecule has 0 fully saturated rings. The fraction of sp³-hybridized carbons (Fsp3) is 0.154. The van der Waals surface area contributed by atoms with E-state index in [1.165, 1.54) is 12.3 Å². The van der Waals surface area contributed by atoms with Crippen molar-refractivity contribution in [1.82, 2.24) is 15.5 Å². The number of anilines is 1. The smallest absolute Gasteiger partial charge is 0.353 e. The number of halogens is 1. The molecule has 1 aromatic carbocycles. The predicted octanol–water partition coefficient (Wildman–Crippen LogP) is 1.70. The van der Waals surface area contributed by atoms with Gasteiger partial charge in [-0.2, -0.15) is 5.10 Å². The summed E-state index contributed by atoms with van der Waals surface area (Å²) >= 11 is 5.79. The first-order chi connectivity index (χ1) is 9.86. The molecule has 21 heavy (non-hydrogen) atoms. The van der Waals surface area contributed by atoms with E-state index in [1.54, 1.807) is 19.2 Å². The maximum absolute atomic E-state index is 11.3. The van der Waals surface area contributed by atoms with E-state index in [-0.39, 0.29) is 11.6 Å². The van der Waals surface area contributed by atoms with Gasteiger partial charge in [-0.15, -0.1) is 0 Å². The second-order valence-corrected chi connectivity index (χ2v) is 4.47. The number of H-pyrrole nitrogens is 1. The number of hydrogen-bond donors (Lipinski definition) is 4. The summed E-state index contributed by atoms with van der Waals surface area (Å²) in [5.41, 5.74) is 7.53. The van der Waals surface area contributed by atoms with Gasteiger partial charge in [0, 0.05) is 24.0 Å². The highest BCUT2D eigenvalue weighted by Crippen LogP contribution is 2.22. The molecule has 1 amide bonds. The number of carbonyl (C=O) groups is 2. The number of benzene rings is 1. The number of carboxylic acid groups (broad SMARTS) is 1. The number of hydrogen-bond acceptors (Lipinski definition) is 4. The summed E-state index contributed by atoms with van der Waals surface area (Å²) in [5, 5.41) is 16.9. The molecule has 0 spiro atoms. The van der Waals surface area contributed by atoms with E-state index in [2.05, 4.69) is 15.5 Å². The van der Waals surface area contributed by atoms with Crippen LogP contribution >= 0.6 is 11.6 Å². The number of nitrogens with two attached hydrogens (primary N) is 1. The highest BCUT2D eigenvalue weighted by molar-refractivity contribution is 6.31. The molecule has 2 aromatic rings. The molecule has 0 radical (unpaired) electrons. The maximum Gasteiger partial charge on any atom is 0.353 e. The van der Waals surface area contributed by atoms with Gasteiger partial charge in [0.25, 0.3) is 5.91 Å². The number of nitrogens with zero attached hydrogens (tertiary/aromatic N) is 1. The van der Waals surface area contributed by atoms with Gasteiger partial charge in [-0.1, -0.05) is 11.6 Å². The van der Waals surface area contributed by atoms with E-state index in [0.717, 1.165) is 5.56 Å². The normalized spacial score (nSPS) is 9.48. The Labute approximate surface area is 126 Å². The molecule has 1 heterocycles. The van der Waals surface area contributed by atoms with Crippen molar-refractivity contribution >= 4 is 29.2 Å². The molecule has 5 N–H and O–H groups in total. The van der Waals surface area contributed by atoms with Crippen molar-refractivity contribution in [2.45, 2.75) is 6.92 Å². The van der Waals surface area contributed by atoms with Gasteiger partial charge >= 0.3 is 5.97 Å². The first-order valence-electron chi connectivity index (χ1n) is 5.87. The zero-order valence-electron chi connectivity index (χ0n) is 11.5. The highest BCUT2D eigenvalue weighted by Gasteiger charge is 2.10. The Morgan fingerprint density at radius 1 is 1.43 bits per heavy atom. The fourth-order valence-electron chi connectivity index (χ4n) is 1.45. The number of aromatic carboxylic acids is 1. The zero-order chi connectivity index (χ0) is 16.0. The Kier molecular flexibility index (Phi) is 5.74. The molecule has 0 aliphatic carbocycles. The summed E-state index contributed by atoms with van der Waals surface area (Å²) in [6.45, 7) is 1.81. The molecule has 0 unspecified atom stereocenters. The lowest BCUT2D eigenvalue weighted by Gasteiger charge is -2.07. The molecular weight excluding hydrogens is 296 g/mol. The summed E-state index contributed by atoms with van der Waals surface area (Å²) in [7, 11) is 1.55. The summed E-state index contributed by atoms with van der Waals surface area (Å²) in [5.74, 6) is -1.20. The number of rotatable bonds is 2. The van der Waals surface area contributed by atoms with Crippen molar-refractivity contribution in [2.24, 2.45) is 0 Å². The molecule has 8 heteroatoms. The van der Waals surface area contributed by atoms with E-state index in [9.17, 15) is 9.59 Å². The van der Waals surface area contributed by atoms with Crippen molar-refractivity contribution in [3.63, 3.8) is 0 Å². The molecule has 2 rings (SSSR count). The quantitative estimate of drug-likeness (QED) is 0.629. The van der Waals surface area contributed by atoms with Crippen molar-refractivity contribution in [1.29, 1.82) is 0 Å². The van der Waals surface area contributed by atoms with Crippen LogP contribution in [0.25, 0.3) is 0 Å². The second kappa shape index (κ2) is 7.30. The molecule has 0 saturated heterocycles. The first-order valence-corrected chi connectivity index (χ1v) is 6.25. The van der Waals surface area contributed by atoms with Crippen LogP contribution in [0.1, 0.15) is 26.4 Å². The van der Waals surface area contributed by atoms with E-state index >= 15 is 0 Å². The largest absolute Gasteiger partial charge is 0.477 e. The molecule has 0 atom stereocenters. The minimum absolute atomic E-state index is 0.116. The average Bonchev–Trinajstić information content (AvgIpc) is 2.97. The lowest BCUT2D eigenvalue weighted by molar-refractivity contribution is 0.0690. The molecule has 1 aromatic heterocycles. The molecule has 112 valence electrons. The van der Waals surface area contributed by atoms with E-state index in [0.29, 0.717) is 16.3 Å². The van der Waals surface area contributed by atoms with Crippen LogP contribution in [0.2, 0.25) is 5.02 Å². The van der Waals surface area contributed by atoms with E-state index in [4.69, 9.17) is 22.4 Å². The minimum Gasteiger partial charge on any atom is -0.477 e. The van der Waals surface area contributed by atoms with Crippen LogP contribution < -0.4 is 11.1 Å². The lowest BCUT2D eigenvalue weighted by atomic mass is 10.1. The Balaban J connectivity index is 0.000000235. The number of nitrogens with one attached hydrogen (secondary N) is 2. The third kappa shape index (κ3) is 4.50. The Morgan fingerprint density at radius 3 is 2.52 bits per heavy atom. The van der Waals surface area contributed by atoms with Crippen LogP contribution in [0.5, 0.6) is 0 Å². The summed E-state index contributed by atoms with van der Waals surface area (Å²) < 4.78 is 0. The lowest BCUT2D eigenvalue weighted by Crippen LogP contribution is -2.19. The number of aromatic amines is 1. The van der Waals surface area contributed by atoms with Crippen LogP contribution in [-0.4, -0.2) is 34.2 Å². The van der Waals surface area contributed by atoms with E-state index in [1.807, 2.05) is 6.92 Å². The summed E-state index contributed by atoms with van der Waals surface area (Å²) in [6.07, 6.45) is 1.39. The Bertz CT molecular complexity index is 641. The molecule has 0 aliphatic heterocycles. The van der Waals surface area contributed by atoms with Crippen molar-refractivity contribution in [3.05, 3.63) is 46.2 Å². The third-order valence-electron chi connectivity index (χ3n) is 2.55. The Morgan fingerprint density at radius 2 is 2.10 bits per heavy atom. The van der Waals surface area contributed by atoms with Gasteiger partial charge in [0.05, 0.1) is 5.56 Å². The number of nitrogen functional groups attached to an aromatic ring is 1. The fourth-order valence-corrected chi connectivity index (χ4v) is 1.72. The molecule has 0 bridgehead atoms. The Hall–Kier alpha value is -2.54.